The average molecular weight is 481 g/mol. The number of aromatic nitrogens is 4. The number of aryl methyl sites for hydroxylation is 1. The number of anilines is 1. The molecule has 0 bridgehead atoms. The van der Waals surface area contributed by atoms with E-state index in [1.165, 1.54) is 4.57 Å². The Morgan fingerprint density at radius 2 is 1.61 bits per heavy atom. The van der Waals surface area contributed by atoms with Crippen LogP contribution in [0.2, 0.25) is 0 Å². The fraction of sp³-hybridized carbons (Fsp3) is 0.111. The van der Waals surface area contributed by atoms with Crippen molar-refractivity contribution in [1.82, 2.24) is 19.1 Å². The van der Waals surface area contributed by atoms with Crippen LogP contribution in [0.25, 0.3) is 11.2 Å². The minimum atomic E-state index is -0.526. The second-order valence-corrected chi connectivity index (χ2v) is 8.21. The molecular formula is C27H24N6O3. The summed E-state index contributed by atoms with van der Waals surface area (Å²) in [4.78, 5) is 31.6. The molecule has 0 aliphatic rings. The highest BCUT2D eigenvalue weighted by molar-refractivity contribution is 5.80. The van der Waals surface area contributed by atoms with Crippen molar-refractivity contribution in [2.45, 2.75) is 13.2 Å². The number of hydrazone groups is 1. The molecule has 5 rings (SSSR count). The maximum absolute atomic E-state index is 12.6. The van der Waals surface area contributed by atoms with Gasteiger partial charge < -0.3 is 4.74 Å². The number of nitrogens with zero attached hydrogens (tertiary/aromatic N) is 4. The summed E-state index contributed by atoms with van der Waals surface area (Å²) >= 11 is 0. The quantitative estimate of drug-likeness (QED) is 0.261. The van der Waals surface area contributed by atoms with Gasteiger partial charge in [0.15, 0.2) is 11.2 Å². The van der Waals surface area contributed by atoms with Gasteiger partial charge in [-0.3, -0.25) is 18.9 Å². The van der Waals surface area contributed by atoms with Crippen molar-refractivity contribution in [3.63, 3.8) is 0 Å². The van der Waals surface area contributed by atoms with Crippen molar-refractivity contribution in [3.8, 4) is 5.75 Å². The molecule has 2 N–H and O–H groups in total. The van der Waals surface area contributed by atoms with E-state index in [-0.39, 0.29) is 5.65 Å². The second kappa shape index (κ2) is 10.1. The predicted octanol–water partition coefficient (Wildman–Crippen LogP) is 3.50. The Labute approximate surface area is 206 Å². The maximum Gasteiger partial charge on any atom is 0.329 e. The largest absolute Gasteiger partial charge is 0.489 e. The normalized spacial score (nSPS) is 11.2. The van der Waals surface area contributed by atoms with Crippen LogP contribution in [0.1, 0.15) is 16.7 Å². The zero-order chi connectivity index (χ0) is 24.9. The maximum atomic E-state index is 12.6. The Bertz CT molecular complexity index is 1620. The molecule has 0 saturated heterocycles. The van der Waals surface area contributed by atoms with Crippen LogP contribution < -0.4 is 21.4 Å². The molecule has 0 spiro atoms. The number of H-pyrrole nitrogens is 1. The lowest BCUT2D eigenvalue weighted by molar-refractivity contribution is 0.306. The number of aromatic amines is 1. The average Bonchev–Trinajstić information content (AvgIpc) is 3.26. The van der Waals surface area contributed by atoms with Crippen molar-refractivity contribution < 1.29 is 4.74 Å². The third kappa shape index (κ3) is 4.95. The van der Waals surface area contributed by atoms with E-state index in [0.29, 0.717) is 24.6 Å². The molecular weight excluding hydrogens is 456 g/mol. The number of imidazole rings is 1. The number of rotatable bonds is 8. The Morgan fingerprint density at radius 1 is 0.944 bits per heavy atom. The molecule has 36 heavy (non-hydrogen) atoms. The highest BCUT2D eigenvalue weighted by Gasteiger charge is 2.17. The summed E-state index contributed by atoms with van der Waals surface area (Å²) in [5, 5.41) is 4.32. The van der Waals surface area contributed by atoms with E-state index >= 15 is 0 Å². The van der Waals surface area contributed by atoms with Gasteiger partial charge in [0.05, 0.1) is 12.8 Å². The van der Waals surface area contributed by atoms with Crippen LogP contribution in [0.15, 0.2) is 99.6 Å². The Hall–Kier alpha value is -4.92. The van der Waals surface area contributed by atoms with E-state index in [2.05, 4.69) is 20.5 Å². The van der Waals surface area contributed by atoms with E-state index in [1.807, 2.05) is 84.9 Å². The van der Waals surface area contributed by atoms with Crippen molar-refractivity contribution >= 4 is 23.3 Å². The fourth-order valence-electron chi connectivity index (χ4n) is 3.80. The Balaban J connectivity index is 1.36. The molecule has 3 aromatic carbocycles. The minimum absolute atomic E-state index is 0.275. The van der Waals surface area contributed by atoms with Gasteiger partial charge in [0, 0.05) is 7.05 Å². The summed E-state index contributed by atoms with van der Waals surface area (Å²) < 4.78 is 8.84. The molecule has 180 valence electrons. The van der Waals surface area contributed by atoms with Gasteiger partial charge in [-0.25, -0.2) is 10.2 Å². The summed E-state index contributed by atoms with van der Waals surface area (Å²) in [6.45, 7) is 0.874. The SMILES string of the molecule is Cn1c(=O)[nH]c(=O)c2c1nc(N/N=C\c1ccc(OCc3ccccc3)cc1)n2Cc1ccccc1. The molecule has 0 unspecified atom stereocenters. The van der Waals surface area contributed by atoms with Gasteiger partial charge in [0.1, 0.15) is 12.4 Å². The van der Waals surface area contributed by atoms with E-state index in [1.54, 1.807) is 17.8 Å². The molecule has 9 nitrogen and oxygen atoms in total. The van der Waals surface area contributed by atoms with Gasteiger partial charge in [-0.1, -0.05) is 60.7 Å². The molecule has 0 atom stereocenters. The number of fused-ring (bicyclic) bond motifs is 1. The molecule has 5 aromatic rings. The molecule has 0 radical (unpaired) electrons. The van der Waals surface area contributed by atoms with Crippen molar-refractivity contribution in [2.24, 2.45) is 12.1 Å². The number of nitrogens with one attached hydrogen (secondary N) is 2. The molecule has 9 heteroatoms. The summed E-state index contributed by atoms with van der Waals surface area (Å²) in [7, 11) is 1.56. The lowest BCUT2D eigenvalue weighted by atomic mass is 10.2. The summed E-state index contributed by atoms with van der Waals surface area (Å²) in [5.74, 6) is 1.10. The third-order valence-corrected chi connectivity index (χ3v) is 5.70. The van der Waals surface area contributed by atoms with Gasteiger partial charge in [0.25, 0.3) is 5.56 Å². The van der Waals surface area contributed by atoms with Crippen LogP contribution in [-0.2, 0) is 20.2 Å². The van der Waals surface area contributed by atoms with Gasteiger partial charge in [0.2, 0.25) is 5.95 Å². The van der Waals surface area contributed by atoms with Crippen LogP contribution in [0.5, 0.6) is 5.75 Å². The van der Waals surface area contributed by atoms with Gasteiger partial charge in [-0.15, -0.1) is 0 Å². The fourth-order valence-corrected chi connectivity index (χ4v) is 3.80. The molecule has 0 aliphatic carbocycles. The van der Waals surface area contributed by atoms with Crippen LogP contribution in [-0.4, -0.2) is 25.3 Å². The molecule has 0 fully saturated rings. The lowest BCUT2D eigenvalue weighted by Gasteiger charge is -2.08. The monoisotopic (exact) mass is 480 g/mol. The standard InChI is InChI=1S/C27H24N6O3/c1-32-24-23(25(34)30-27(32)35)33(17-20-8-4-2-5-9-20)26(29-24)31-28-16-19-12-14-22(15-13-19)36-18-21-10-6-3-7-11-21/h2-16H,17-18H2,1H3,(H,29,31)(H,30,34,35)/b28-16-. The van der Waals surface area contributed by atoms with Crippen molar-refractivity contribution in [2.75, 3.05) is 5.43 Å². The number of hydrogen-bond donors (Lipinski definition) is 2. The minimum Gasteiger partial charge on any atom is -0.489 e. The molecule has 0 amide bonds. The molecule has 0 aliphatic heterocycles. The topological polar surface area (TPSA) is 106 Å². The van der Waals surface area contributed by atoms with E-state index in [4.69, 9.17) is 4.74 Å². The first kappa shape index (κ1) is 22.9. The van der Waals surface area contributed by atoms with Gasteiger partial charge in [-0.05, 0) is 41.0 Å². The summed E-state index contributed by atoms with van der Waals surface area (Å²) in [6, 6.07) is 27.2. The second-order valence-electron chi connectivity index (χ2n) is 8.21. The number of benzene rings is 3. The lowest BCUT2D eigenvalue weighted by Crippen LogP contribution is -2.29. The highest BCUT2D eigenvalue weighted by atomic mass is 16.5. The predicted molar refractivity (Wildman–Crippen MR) is 140 cm³/mol. The summed E-state index contributed by atoms with van der Waals surface area (Å²) in [5.41, 5.74) is 5.39. The van der Waals surface area contributed by atoms with Crippen LogP contribution in [0.3, 0.4) is 0 Å². The first-order valence-corrected chi connectivity index (χ1v) is 11.4. The smallest absolute Gasteiger partial charge is 0.329 e. The van der Waals surface area contributed by atoms with Gasteiger partial charge in [-0.2, -0.15) is 10.1 Å². The number of ether oxygens (including phenoxy) is 1. The molecule has 2 heterocycles. The van der Waals surface area contributed by atoms with E-state index in [0.717, 1.165) is 22.4 Å². The summed E-state index contributed by atoms with van der Waals surface area (Å²) in [6.07, 6.45) is 1.65. The van der Waals surface area contributed by atoms with Gasteiger partial charge >= 0.3 is 5.69 Å². The van der Waals surface area contributed by atoms with E-state index in [9.17, 15) is 9.59 Å². The molecule has 0 saturated carbocycles. The van der Waals surface area contributed by atoms with Crippen molar-refractivity contribution in [3.05, 3.63) is 122 Å². The highest BCUT2D eigenvalue weighted by Crippen LogP contribution is 2.18. The molecule has 2 aromatic heterocycles. The Kier molecular flexibility index (Phi) is 6.44. The number of hydrogen-bond acceptors (Lipinski definition) is 6. The van der Waals surface area contributed by atoms with E-state index < -0.39 is 11.2 Å². The van der Waals surface area contributed by atoms with Crippen LogP contribution in [0.4, 0.5) is 5.95 Å². The first-order valence-electron chi connectivity index (χ1n) is 11.4. The first-order chi connectivity index (χ1) is 17.6. The van der Waals surface area contributed by atoms with Crippen LogP contribution >= 0.6 is 0 Å². The van der Waals surface area contributed by atoms with Crippen LogP contribution in [0, 0.1) is 0 Å². The zero-order valence-corrected chi connectivity index (χ0v) is 19.6. The zero-order valence-electron chi connectivity index (χ0n) is 19.6. The van der Waals surface area contributed by atoms with Crippen molar-refractivity contribution in [1.29, 1.82) is 0 Å². The third-order valence-electron chi connectivity index (χ3n) is 5.70. The Morgan fingerprint density at radius 3 is 2.31 bits per heavy atom.